The van der Waals surface area contributed by atoms with E-state index in [1.807, 2.05) is 0 Å². The van der Waals surface area contributed by atoms with Gasteiger partial charge < -0.3 is 4.90 Å². The van der Waals surface area contributed by atoms with Crippen LogP contribution in [0.5, 0.6) is 0 Å². The first kappa shape index (κ1) is 42.1. The third kappa shape index (κ3) is 7.17. The van der Waals surface area contributed by atoms with Crippen molar-refractivity contribution >= 4 is 38.6 Å². The Hall–Kier alpha value is -9.04. The summed E-state index contributed by atoms with van der Waals surface area (Å²) in [6, 6.07) is 103. The molecule has 1 heteroatoms. The van der Waals surface area contributed by atoms with E-state index in [1.165, 1.54) is 99.4 Å². The Morgan fingerprint density at radius 3 is 1.28 bits per heavy atom. The lowest BCUT2D eigenvalue weighted by molar-refractivity contribution is 0.714. The quantitative estimate of drug-likeness (QED) is 0.130. The lowest BCUT2D eigenvalue weighted by Gasteiger charge is -2.34. The summed E-state index contributed by atoms with van der Waals surface area (Å²) in [5.74, 6) is 0. The molecule has 0 saturated heterocycles. The van der Waals surface area contributed by atoms with Gasteiger partial charge in [-0.25, -0.2) is 0 Å². The van der Waals surface area contributed by atoms with Gasteiger partial charge in [-0.3, -0.25) is 0 Å². The molecule has 0 saturated carbocycles. The average molecular weight is 904 g/mol. The Bertz CT molecular complexity index is 3880. The third-order valence-electron chi connectivity index (χ3n) is 15.0. The summed E-state index contributed by atoms with van der Waals surface area (Å²) in [6.07, 6.45) is 0. The van der Waals surface area contributed by atoms with Crippen molar-refractivity contribution in [1.82, 2.24) is 0 Å². The molecule has 12 aromatic rings. The largest absolute Gasteiger partial charge is 0.310 e. The third-order valence-corrected chi connectivity index (χ3v) is 15.0. The number of fused-ring (bicyclic) bond motifs is 6. The molecule has 0 aliphatic heterocycles. The first-order chi connectivity index (χ1) is 35.1. The molecular formula is C70H49N. The minimum atomic E-state index is -0.396. The van der Waals surface area contributed by atoms with Crippen LogP contribution < -0.4 is 4.90 Å². The molecule has 0 heterocycles. The summed E-state index contributed by atoms with van der Waals surface area (Å²) < 4.78 is 0. The number of nitrogens with zero attached hydrogens (tertiary/aromatic N) is 1. The van der Waals surface area contributed by atoms with Gasteiger partial charge in [0, 0.05) is 16.8 Å². The topological polar surface area (TPSA) is 3.24 Å². The lowest BCUT2D eigenvalue weighted by atomic mass is 9.73. The van der Waals surface area contributed by atoms with Crippen LogP contribution >= 0.6 is 0 Å². The second-order valence-electron chi connectivity index (χ2n) is 18.9. The second kappa shape index (κ2) is 17.5. The zero-order valence-corrected chi connectivity index (χ0v) is 39.5. The summed E-state index contributed by atoms with van der Waals surface area (Å²) in [6.45, 7) is 2.41. The van der Waals surface area contributed by atoms with E-state index in [2.05, 4.69) is 291 Å². The second-order valence-corrected chi connectivity index (χ2v) is 18.9. The fraction of sp³-hybridized carbons (Fsp3) is 0.0286. The van der Waals surface area contributed by atoms with E-state index < -0.39 is 5.41 Å². The van der Waals surface area contributed by atoms with Gasteiger partial charge in [-0.2, -0.15) is 0 Å². The highest BCUT2D eigenvalue weighted by Gasteiger charge is 2.43. The van der Waals surface area contributed by atoms with Gasteiger partial charge in [0.2, 0.25) is 0 Å². The van der Waals surface area contributed by atoms with Crippen molar-refractivity contribution in [3.05, 3.63) is 296 Å². The molecule has 0 bridgehead atoms. The molecule has 334 valence electrons. The maximum absolute atomic E-state index is 2.48. The minimum absolute atomic E-state index is 0.396. The first-order valence-electron chi connectivity index (χ1n) is 24.7. The van der Waals surface area contributed by atoms with Crippen LogP contribution in [0.25, 0.3) is 88.3 Å². The van der Waals surface area contributed by atoms with Crippen LogP contribution in [-0.4, -0.2) is 0 Å². The fourth-order valence-corrected chi connectivity index (χ4v) is 11.5. The van der Waals surface area contributed by atoms with Gasteiger partial charge >= 0.3 is 0 Å². The maximum atomic E-state index is 2.48. The van der Waals surface area contributed by atoms with Gasteiger partial charge in [0.25, 0.3) is 0 Å². The number of benzene rings is 12. The predicted octanol–water partition coefficient (Wildman–Crippen LogP) is 19.1. The van der Waals surface area contributed by atoms with Crippen molar-refractivity contribution in [3.63, 3.8) is 0 Å². The molecule has 1 aliphatic carbocycles. The highest BCUT2D eigenvalue weighted by atomic mass is 15.1. The van der Waals surface area contributed by atoms with E-state index in [4.69, 9.17) is 0 Å². The molecule has 0 amide bonds. The highest BCUT2D eigenvalue weighted by Crippen LogP contribution is 2.57. The molecule has 0 spiro atoms. The predicted molar refractivity (Wildman–Crippen MR) is 301 cm³/mol. The van der Waals surface area contributed by atoms with Crippen LogP contribution in [0.1, 0.15) is 23.6 Å². The summed E-state index contributed by atoms with van der Waals surface area (Å²) in [4.78, 5) is 2.48. The standard InChI is InChI=1S/C70H49N/c1-70(56-25-12-5-13-26-56)65-31-17-16-28-61(65)63-30-18-32-66(69(63)70)71(57-42-37-51(38-43-57)50-35-33-49(34-36-50)48-19-6-2-7-20-48)58-44-39-52(40-45-58)55-41-46-60-59-27-14-15-29-62(59)67(53-21-8-3-9-22-53)68(64(60)47-55)54-23-10-4-11-24-54/h2-47H,1H3. The Balaban J connectivity index is 0.964. The van der Waals surface area contributed by atoms with Crippen LogP contribution in [0, 0.1) is 0 Å². The average Bonchev–Trinajstić information content (AvgIpc) is 3.72. The van der Waals surface area contributed by atoms with Gasteiger partial charge in [-0.05, 0) is 148 Å². The van der Waals surface area contributed by atoms with Crippen LogP contribution in [0.15, 0.2) is 279 Å². The fourth-order valence-electron chi connectivity index (χ4n) is 11.5. The van der Waals surface area contributed by atoms with Gasteiger partial charge in [-0.1, -0.05) is 243 Å². The molecule has 13 rings (SSSR count). The van der Waals surface area contributed by atoms with Gasteiger partial charge in [0.15, 0.2) is 0 Å². The van der Waals surface area contributed by atoms with Crippen LogP contribution in [-0.2, 0) is 5.41 Å². The van der Waals surface area contributed by atoms with E-state index in [0.29, 0.717) is 0 Å². The molecule has 0 fully saturated rings. The zero-order valence-electron chi connectivity index (χ0n) is 39.5. The van der Waals surface area contributed by atoms with Crippen molar-refractivity contribution in [1.29, 1.82) is 0 Å². The van der Waals surface area contributed by atoms with Crippen LogP contribution in [0.2, 0.25) is 0 Å². The number of hydrogen-bond donors (Lipinski definition) is 0. The monoisotopic (exact) mass is 903 g/mol. The molecule has 1 atom stereocenters. The Morgan fingerprint density at radius 1 is 0.282 bits per heavy atom. The van der Waals surface area contributed by atoms with Gasteiger partial charge in [-0.15, -0.1) is 0 Å². The SMILES string of the molecule is CC1(c2ccccc2)c2ccccc2-c2cccc(N(c3ccc(-c4ccc(-c5ccccc5)cc4)cc3)c3ccc(-c4ccc5c(c4)c(-c4ccccc4)c(-c4ccccc4)c4ccccc45)cc3)c21. The van der Waals surface area contributed by atoms with Crippen LogP contribution in [0.3, 0.4) is 0 Å². The van der Waals surface area contributed by atoms with Gasteiger partial charge in [0.05, 0.1) is 5.69 Å². The number of anilines is 3. The zero-order chi connectivity index (χ0) is 47.3. The Kier molecular flexibility index (Phi) is 10.4. The highest BCUT2D eigenvalue weighted by molar-refractivity contribution is 6.22. The molecular weight excluding hydrogens is 855 g/mol. The van der Waals surface area contributed by atoms with E-state index in [0.717, 1.165) is 22.6 Å². The van der Waals surface area contributed by atoms with Crippen molar-refractivity contribution in [3.8, 4) is 66.8 Å². The van der Waals surface area contributed by atoms with Crippen molar-refractivity contribution < 1.29 is 0 Å². The molecule has 71 heavy (non-hydrogen) atoms. The molecule has 1 aliphatic rings. The summed E-state index contributed by atoms with van der Waals surface area (Å²) >= 11 is 0. The Labute approximate surface area is 416 Å². The van der Waals surface area contributed by atoms with Gasteiger partial charge in [0.1, 0.15) is 0 Å². The summed E-state index contributed by atoms with van der Waals surface area (Å²) in [7, 11) is 0. The van der Waals surface area contributed by atoms with E-state index >= 15 is 0 Å². The van der Waals surface area contributed by atoms with E-state index in [9.17, 15) is 0 Å². The summed E-state index contributed by atoms with van der Waals surface area (Å²) in [5, 5.41) is 5.01. The molecule has 1 nitrogen and oxygen atoms in total. The molecule has 1 unspecified atom stereocenters. The van der Waals surface area contributed by atoms with Crippen molar-refractivity contribution in [2.75, 3.05) is 4.90 Å². The van der Waals surface area contributed by atoms with E-state index in [-0.39, 0.29) is 0 Å². The molecule has 0 radical (unpaired) electrons. The van der Waals surface area contributed by atoms with Crippen LogP contribution in [0.4, 0.5) is 17.1 Å². The normalized spacial score (nSPS) is 13.8. The minimum Gasteiger partial charge on any atom is -0.310 e. The van der Waals surface area contributed by atoms with Crippen molar-refractivity contribution in [2.45, 2.75) is 12.3 Å². The number of rotatable bonds is 9. The molecule has 0 N–H and O–H groups in total. The molecule has 0 aromatic heterocycles. The Morgan fingerprint density at radius 2 is 0.690 bits per heavy atom. The first-order valence-corrected chi connectivity index (χ1v) is 24.7. The number of hydrogen-bond acceptors (Lipinski definition) is 1. The molecule has 12 aromatic carbocycles. The maximum Gasteiger partial charge on any atom is 0.0512 e. The lowest BCUT2D eigenvalue weighted by Crippen LogP contribution is -2.25. The van der Waals surface area contributed by atoms with Crippen molar-refractivity contribution in [2.24, 2.45) is 0 Å². The van der Waals surface area contributed by atoms with E-state index in [1.54, 1.807) is 0 Å². The smallest absolute Gasteiger partial charge is 0.0512 e. The summed E-state index contributed by atoms with van der Waals surface area (Å²) in [5.41, 5.74) is 21.5.